The molecule has 1 rings (SSSR count). The van der Waals surface area contributed by atoms with Crippen molar-refractivity contribution >= 4 is 23.2 Å². The van der Waals surface area contributed by atoms with Crippen LogP contribution >= 0.6 is 23.2 Å². The predicted octanol–water partition coefficient (Wildman–Crippen LogP) is 3.35. The highest BCUT2D eigenvalue weighted by atomic mass is 35.5. The highest BCUT2D eigenvalue weighted by molar-refractivity contribution is 6.35. The molecule has 0 heterocycles. The molecular weight excluding hydrogens is 214 g/mol. The molecule has 0 aromatic heterocycles. The molecule has 1 unspecified atom stereocenters. The van der Waals surface area contributed by atoms with Crippen molar-refractivity contribution in [3.8, 4) is 0 Å². The van der Waals surface area contributed by atoms with Gasteiger partial charge in [0, 0.05) is 0 Å². The summed E-state index contributed by atoms with van der Waals surface area (Å²) < 4.78 is 12.9. The van der Waals surface area contributed by atoms with Crippen LogP contribution in [0.15, 0.2) is 24.8 Å². The smallest absolute Gasteiger partial charge is 0.160 e. The zero-order valence-electron chi connectivity index (χ0n) is 6.60. The van der Waals surface area contributed by atoms with Gasteiger partial charge in [-0.15, -0.1) is 6.58 Å². The Morgan fingerprint density at radius 1 is 1.38 bits per heavy atom. The average molecular weight is 221 g/mol. The van der Waals surface area contributed by atoms with Crippen LogP contribution in [0.3, 0.4) is 0 Å². The third-order valence-corrected chi connectivity index (χ3v) is 2.12. The van der Waals surface area contributed by atoms with Gasteiger partial charge in [0.25, 0.3) is 0 Å². The van der Waals surface area contributed by atoms with Gasteiger partial charge < -0.3 is 5.11 Å². The van der Waals surface area contributed by atoms with E-state index in [4.69, 9.17) is 23.2 Å². The van der Waals surface area contributed by atoms with Crippen molar-refractivity contribution in [2.75, 3.05) is 0 Å². The zero-order valence-corrected chi connectivity index (χ0v) is 8.11. The Kier molecular flexibility index (Phi) is 3.31. The molecule has 0 aliphatic heterocycles. The normalized spacial score (nSPS) is 12.6. The number of benzene rings is 1. The Balaban J connectivity index is 3.20. The summed E-state index contributed by atoms with van der Waals surface area (Å²) in [5, 5.41) is 9.10. The van der Waals surface area contributed by atoms with E-state index >= 15 is 0 Å². The van der Waals surface area contributed by atoms with Crippen molar-refractivity contribution in [3.63, 3.8) is 0 Å². The lowest BCUT2D eigenvalue weighted by molar-refractivity contribution is 0.229. The molecule has 1 aromatic carbocycles. The third-order valence-electron chi connectivity index (χ3n) is 1.57. The van der Waals surface area contributed by atoms with Crippen LogP contribution in [0.2, 0.25) is 10.0 Å². The Morgan fingerprint density at radius 3 is 2.23 bits per heavy atom. The molecular formula is C9H7Cl2FO. The van der Waals surface area contributed by atoms with Crippen LogP contribution in [0.25, 0.3) is 0 Å². The molecule has 0 aliphatic carbocycles. The molecule has 0 radical (unpaired) electrons. The quantitative estimate of drug-likeness (QED) is 0.599. The Hall–Kier alpha value is -0.570. The van der Waals surface area contributed by atoms with Gasteiger partial charge in [-0.25, -0.2) is 4.39 Å². The minimum Gasteiger partial charge on any atom is -0.384 e. The molecule has 13 heavy (non-hydrogen) atoms. The van der Waals surface area contributed by atoms with E-state index < -0.39 is 11.9 Å². The summed E-state index contributed by atoms with van der Waals surface area (Å²) in [5.41, 5.74) is 0.423. The standard InChI is InChI=1S/C9H7Cl2FO/c1-2-8(13)5-3-6(10)9(12)7(11)4-5/h2-4,8,13H,1H2. The molecule has 0 aliphatic rings. The summed E-state index contributed by atoms with van der Waals surface area (Å²) in [5.74, 6) is -0.677. The third kappa shape index (κ3) is 2.21. The SMILES string of the molecule is C=CC(O)c1cc(Cl)c(F)c(Cl)c1. The minimum absolute atomic E-state index is 0.108. The molecule has 0 amide bonds. The first kappa shape index (κ1) is 10.5. The van der Waals surface area contributed by atoms with E-state index in [1.165, 1.54) is 18.2 Å². The molecule has 0 fully saturated rings. The van der Waals surface area contributed by atoms with Crippen LogP contribution in [0, 0.1) is 5.82 Å². The maximum atomic E-state index is 12.9. The molecule has 1 aromatic rings. The van der Waals surface area contributed by atoms with Crippen molar-refractivity contribution in [1.82, 2.24) is 0 Å². The lowest BCUT2D eigenvalue weighted by atomic mass is 10.1. The van der Waals surface area contributed by atoms with Crippen molar-refractivity contribution < 1.29 is 9.50 Å². The zero-order chi connectivity index (χ0) is 10.0. The summed E-state index contributed by atoms with van der Waals surface area (Å²) in [4.78, 5) is 0. The number of halogens is 3. The molecule has 1 atom stereocenters. The minimum atomic E-state index is -0.879. The first-order valence-corrected chi connectivity index (χ1v) is 4.27. The van der Waals surface area contributed by atoms with Crippen LogP contribution in [-0.2, 0) is 0 Å². The molecule has 0 spiro atoms. The van der Waals surface area contributed by atoms with Crippen molar-refractivity contribution in [1.29, 1.82) is 0 Å². The van der Waals surface area contributed by atoms with Gasteiger partial charge in [-0.2, -0.15) is 0 Å². The largest absolute Gasteiger partial charge is 0.384 e. The molecule has 70 valence electrons. The van der Waals surface area contributed by atoms with Crippen molar-refractivity contribution in [2.45, 2.75) is 6.10 Å². The summed E-state index contributed by atoms with van der Waals surface area (Å²) in [6, 6.07) is 2.63. The summed E-state index contributed by atoms with van der Waals surface area (Å²) in [7, 11) is 0. The van der Waals surface area contributed by atoms with E-state index in [1.807, 2.05) is 0 Å². The first-order valence-electron chi connectivity index (χ1n) is 3.51. The number of hydrogen-bond donors (Lipinski definition) is 1. The summed E-state index contributed by atoms with van der Waals surface area (Å²) in [6.07, 6.45) is 0.426. The molecule has 1 N–H and O–H groups in total. The topological polar surface area (TPSA) is 20.2 Å². The van der Waals surface area contributed by atoms with Gasteiger partial charge in [0.15, 0.2) is 5.82 Å². The fourth-order valence-corrected chi connectivity index (χ4v) is 1.39. The van der Waals surface area contributed by atoms with Gasteiger partial charge in [-0.05, 0) is 17.7 Å². The van der Waals surface area contributed by atoms with Gasteiger partial charge in [0.1, 0.15) is 0 Å². The highest BCUT2D eigenvalue weighted by Gasteiger charge is 2.10. The molecule has 1 nitrogen and oxygen atoms in total. The van der Waals surface area contributed by atoms with Crippen molar-refractivity contribution in [3.05, 3.63) is 46.2 Å². The van der Waals surface area contributed by atoms with Crippen LogP contribution in [0.5, 0.6) is 0 Å². The lowest BCUT2D eigenvalue weighted by Crippen LogP contribution is -1.94. The van der Waals surface area contributed by atoms with E-state index in [-0.39, 0.29) is 10.0 Å². The summed E-state index contributed by atoms with van der Waals surface area (Å²) in [6.45, 7) is 3.39. The van der Waals surface area contributed by atoms with Gasteiger partial charge in [0.2, 0.25) is 0 Å². The van der Waals surface area contributed by atoms with E-state index in [9.17, 15) is 9.50 Å². The fraction of sp³-hybridized carbons (Fsp3) is 0.111. The Morgan fingerprint density at radius 2 is 1.85 bits per heavy atom. The monoisotopic (exact) mass is 220 g/mol. The number of aliphatic hydroxyl groups is 1. The second-order valence-corrected chi connectivity index (χ2v) is 3.29. The lowest BCUT2D eigenvalue weighted by Gasteiger charge is -2.07. The molecule has 0 saturated heterocycles. The van der Waals surface area contributed by atoms with Gasteiger partial charge in [-0.3, -0.25) is 0 Å². The maximum absolute atomic E-state index is 12.9. The van der Waals surface area contributed by atoms with Crippen LogP contribution in [0.1, 0.15) is 11.7 Å². The predicted molar refractivity (Wildman–Crippen MR) is 51.6 cm³/mol. The van der Waals surface area contributed by atoms with Crippen LogP contribution in [0.4, 0.5) is 4.39 Å². The van der Waals surface area contributed by atoms with E-state index in [0.717, 1.165) is 0 Å². The fourth-order valence-electron chi connectivity index (χ4n) is 0.882. The first-order chi connectivity index (χ1) is 6.06. The second-order valence-electron chi connectivity index (χ2n) is 2.48. The average Bonchev–Trinajstić information content (AvgIpc) is 2.12. The molecule has 0 saturated carbocycles. The number of rotatable bonds is 2. The van der Waals surface area contributed by atoms with Gasteiger partial charge in [0.05, 0.1) is 16.1 Å². The number of aliphatic hydroxyl groups excluding tert-OH is 1. The Bertz CT molecular complexity index is 315. The van der Waals surface area contributed by atoms with E-state index in [1.54, 1.807) is 0 Å². The molecule has 4 heteroatoms. The van der Waals surface area contributed by atoms with Gasteiger partial charge >= 0.3 is 0 Å². The van der Waals surface area contributed by atoms with Crippen LogP contribution < -0.4 is 0 Å². The van der Waals surface area contributed by atoms with Gasteiger partial charge in [-0.1, -0.05) is 29.3 Å². The van der Waals surface area contributed by atoms with E-state index in [0.29, 0.717) is 5.56 Å². The Labute approximate surface area is 85.4 Å². The number of hydrogen-bond acceptors (Lipinski definition) is 1. The molecule has 0 bridgehead atoms. The maximum Gasteiger partial charge on any atom is 0.160 e. The summed E-state index contributed by atoms with van der Waals surface area (Å²) >= 11 is 11.0. The van der Waals surface area contributed by atoms with E-state index in [2.05, 4.69) is 6.58 Å². The second kappa shape index (κ2) is 4.09. The van der Waals surface area contributed by atoms with Crippen LogP contribution in [-0.4, -0.2) is 5.11 Å². The highest BCUT2D eigenvalue weighted by Crippen LogP contribution is 2.27. The van der Waals surface area contributed by atoms with Crippen molar-refractivity contribution in [2.24, 2.45) is 0 Å².